The van der Waals surface area contributed by atoms with E-state index in [1.54, 1.807) is 18.2 Å². The number of ether oxygens (including phenoxy) is 2. The number of halogens is 2. The van der Waals surface area contributed by atoms with Crippen LogP contribution in [0.1, 0.15) is 49.5 Å². The monoisotopic (exact) mass is 540 g/mol. The molecule has 2 rings (SSSR count). The van der Waals surface area contributed by atoms with Gasteiger partial charge in [0.2, 0.25) is 0 Å². The lowest BCUT2D eigenvalue weighted by Gasteiger charge is -2.13. The zero-order valence-corrected chi connectivity index (χ0v) is 20.6. The maximum atomic E-state index is 12.3. The van der Waals surface area contributed by atoms with Crippen LogP contribution < -0.4 is 20.3 Å². The highest BCUT2D eigenvalue weighted by Crippen LogP contribution is 2.29. The Kier molecular flexibility index (Phi) is 9.17. The Morgan fingerprint density at radius 2 is 1.53 bits per heavy atom. The highest BCUT2D eigenvalue weighted by molar-refractivity contribution is 9.10. The van der Waals surface area contributed by atoms with Gasteiger partial charge in [0.05, 0.1) is 15.6 Å². The summed E-state index contributed by atoms with van der Waals surface area (Å²) in [7, 11) is 0. The van der Waals surface area contributed by atoms with Gasteiger partial charge in [0.1, 0.15) is 11.5 Å². The molecule has 0 aliphatic carbocycles. The van der Waals surface area contributed by atoms with E-state index < -0.39 is 11.8 Å². The first-order chi connectivity index (χ1) is 14.2. The lowest BCUT2D eigenvalue weighted by molar-refractivity contribution is -0.123. The van der Waals surface area contributed by atoms with Gasteiger partial charge in [0.15, 0.2) is 6.61 Å². The number of benzene rings is 2. The van der Waals surface area contributed by atoms with Gasteiger partial charge >= 0.3 is 0 Å². The quantitative estimate of drug-likeness (QED) is 0.450. The normalized spacial score (nSPS) is 10.8. The van der Waals surface area contributed by atoms with Crippen LogP contribution in [0, 0.1) is 5.92 Å². The molecule has 0 aliphatic heterocycles. The first-order valence-corrected chi connectivity index (χ1v) is 11.2. The van der Waals surface area contributed by atoms with Gasteiger partial charge in [0, 0.05) is 5.56 Å². The van der Waals surface area contributed by atoms with Crippen LogP contribution >= 0.6 is 31.9 Å². The van der Waals surface area contributed by atoms with Crippen molar-refractivity contribution in [3.05, 3.63) is 56.5 Å². The van der Waals surface area contributed by atoms with Crippen molar-refractivity contribution in [2.75, 3.05) is 13.2 Å². The van der Waals surface area contributed by atoms with E-state index in [0.717, 1.165) is 10.0 Å². The Labute approximate surface area is 193 Å². The molecule has 0 aliphatic rings. The standard InChI is InChI=1S/C22H26Br2N2O4/c1-13(2)11-29-19-8-6-16(10-18(19)24)22(28)26-25-21(27)12-30-20-7-5-15(14(3)4)9-17(20)23/h5-10,13-14H,11-12H2,1-4H3,(H,25,27)(H,26,28). The van der Waals surface area contributed by atoms with Crippen LogP contribution in [0.3, 0.4) is 0 Å². The second kappa shape index (κ2) is 11.4. The summed E-state index contributed by atoms with van der Waals surface area (Å²) in [6, 6.07) is 10.7. The first-order valence-electron chi connectivity index (χ1n) is 9.61. The van der Waals surface area contributed by atoms with Crippen molar-refractivity contribution >= 4 is 43.7 Å². The lowest BCUT2D eigenvalue weighted by atomic mass is 10.0. The van der Waals surface area contributed by atoms with Gasteiger partial charge in [-0.05, 0) is 79.6 Å². The van der Waals surface area contributed by atoms with Gasteiger partial charge in [-0.2, -0.15) is 0 Å². The summed E-state index contributed by atoms with van der Waals surface area (Å²) < 4.78 is 12.6. The molecule has 0 radical (unpaired) electrons. The van der Waals surface area contributed by atoms with Gasteiger partial charge in [-0.1, -0.05) is 33.8 Å². The summed E-state index contributed by atoms with van der Waals surface area (Å²) in [5.41, 5.74) is 6.27. The minimum atomic E-state index is -0.473. The molecule has 0 spiro atoms. The van der Waals surface area contributed by atoms with Gasteiger partial charge in [0.25, 0.3) is 11.8 Å². The van der Waals surface area contributed by atoms with E-state index in [1.165, 1.54) is 0 Å². The highest BCUT2D eigenvalue weighted by atomic mass is 79.9. The number of rotatable bonds is 8. The minimum absolute atomic E-state index is 0.231. The van der Waals surface area contributed by atoms with Crippen LogP contribution in [0.5, 0.6) is 11.5 Å². The van der Waals surface area contributed by atoms with Gasteiger partial charge in [-0.25, -0.2) is 0 Å². The third-order valence-corrected chi connectivity index (χ3v) is 5.30. The van der Waals surface area contributed by atoms with Crippen molar-refractivity contribution in [3.8, 4) is 11.5 Å². The van der Waals surface area contributed by atoms with E-state index >= 15 is 0 Å². The summed E-state index contributed by atoms with van der Waals surface area (Å²) in [6.45, 7) is 8.66. The molecule has 6 nitrogen and oxygen atoms in total. The fourth-order valence-electron chi connectivity index (χ4n) is 2.39. The maximum absolute atomic E-state index is 12.3. The molecule has 0 saturated carbocycles. The molecule has 0 atom stereocenters. The Bertz CT molecular complexity index is 901. The van der Waals surface area contributed by atoms with Crippen molar-refractivity contribution in [3.63, 3.8) is 0 Å². The molecule has 30 heavy (non-hydrogen) atoms. The first kappa shape index (κ1) is 24.2. The second-order valence-corrected chi connectivity index (χ2v) is 9.19. The van der Waals surface area contributed by atoms with Crippen molar-refractivity contribution in [2.24, 2.45) is 5.92 Å². The summed E-state index contributed by atoms with van der Waals surface area (Å²) in [4.78, 5) is 24.3. The van der Waals surface area contributed by atoms with E-state index in [1.807, 2.05) is 18.2 Å². The van der Waals surface area contributed by atoms with E-state index in [2.05, 4.69) is 70.4 Å². The van der Waals surface area contributed by atoms with Gasteiger partial charge in [-0.15, -0.1) is 0 Å². The molecule has 0 heterocycles. The molecular formula is C22H26Br2N2O4. The topological polar surface area (TPSA) is 76.7 Å². The number of hydrazine groups is 1. The van der Waals surface area contributed by atoms with Crippen LogP contribution in [0.4, 0.5) is 0 Å². The highest BCUT2D eigenvalue weighted by Gasteiger charge is 2.12. The summed E-state index contributed by atoms with van der Waals surface area (Å²) in [5, 5.41) is 0. The number of nitrogens with one attached hydrogen (secondary N) is 2. The van der Waals surface area contributed by atoms with Crippen LogP contribution in [0.15, 0.2) is 45.3 Å². The third-order valence-electron chi connectivity index (χ3n) is 4.06. The number of carbonyl (C=O) groups is 2. The smallest absolute Gasteiger partial charge is 0.276 e. The molecule has 0 bridgehead atoms. The van der Waals surface area contributed by atoms with Gasteiger partial charge in [-0.3, -0.25) is 20.4 Å². The van der Waals surface area contributed by atoms with Crippen molar-refractivity contribution in [2.45, 2.75) is 33.6 Å². The molecule has 2 amide bonds. The molecule has 162 valence electrons. The fourth-order valence-corrected chi connectivity index (χ4v) is 3.39. The Morgan fingerprint density at radius 3 is 2.13 bits per heavy atom. The lowest BCUT2D eigenvalue weighted by Crippen LogP contribution is -2.43. The summed E-state index contributed by atoms with van der Waals surface area (Å²) in [5.74, 6) is 1.09. The Balaban J connectivity index is 1.84. The van der Waals surface area contributed by atoms with E-state index in [0.29, 0.717) is 40.0 Å². The van der Waals surface area contributed by atoms with Crippen molar-refractivity contribution in [1.82, 2.24) is 10.9 Å². The number of amides is 2. The maximum Gasteiger partial charge on any atom is 0.276 e. The average molecular weight is 542 g/mol. The third kappa shape index (κ3) is 7.32. The number of hydrogen-bond acceptors (Lipinski definition) is 4. The fraction of sp³-hybridized carbons (Fsp3) is 0.364. The molecule has 0 unspecified atom stereocenters. The predicted octanol–water partition coefficient (Wildman–Crippen LogP) is 5.21. The van der Waals surface area contributed by atoms with Crippen LogP contribution in [-0.4, -0.2) is 25.0 Å². The molecule has 8 heteroatoms. The molecule has 0 saturated heterocycles. The van der Waals surface area contributed by atoms with E-state index in [9.17, 15) is 9.59 Å². The number of hydrogen-bond donors (Lipinski definition) is 2. The summed E-state index contributed by atoms with van der Waals surface area (Å²) >= 11 is 6.85. The minimum Gasteiger partial charge on any atom is -0.492 e. The summed E-state index contributed by atoms with van der Waals surface area (Å²) in [6.07, 6.45) is 0. The van der Waals surface area contributed by atoms with Gasteiger partial charge < -0.3 is 9.47 Å². The van der Waals surface area contributed by atoms with Crippen LogP contribution in [0.25, 0.3) is 0 Å². The molecule has 0 fully saturated rings. The molecule has 2 N–H and O–H groups in total. The Morgan fingerprint density at radius 1 is 0.900 bits per heavy atom. The molecule has 2 aromatic carbocycles. The number of carbonyl (C=O) groups excluding carboxylic acids is 2. The Hall–Kier alpha value is -2.06. The van der Waals surface area contributed by atoms with Crippen molar-refractivity contribution < 1.29 is 19.1 Å². The molecule has 0 aromatic heterocycles. The molecule has 2 aromatic rings. The predicted molar refractivity (Wildman–Crippen MR) is 124 cm³/mol. The zero-order valence-electron chi connectivity index (χ0n) is 17.4. The van der Waals surface area contributed by atoms with Crippen LogP contribution in [0.2, 0.25) is 0 Å². The zero-order chi connectivity index (χ0) is 22.3. The van der Waals surface area contributed by atoms with E-state index in [-0.39, 0.29) is 6.61 Å². The van der Waals surface area contributed by atoms with Crippen LogP contribution in [-0.2, 0) is 4.79 Å². The van der Waals surface area contributed by atoms with E-state index in [4.69, 9.17) is 9.47 Å². The van der Waals surface area contributed by atoms with Crippen molar-refractivity contribution in [1.29, 1.82) is 0 Å². The largest absolute Gasteiger partial charge is 0.492 e. The second-order valence-electron chi connectivity index (χ2n) is 7.49. The molecular weight excluding hydrogens is 516 g/mol. The average Bonchev–Trinajstić information content (AvgIpc) is 2.69. The SMILES string of the molecule is CC(C)COc1ccc(C(=O)NNC(=O)COc2ccc(C(C)C)cc2Br)cc1Br.